The molecular weight excluding hydrogens is 306 g/mol. The predicted molar refractivity (Wildman–Crippen MR) is 68.0 cm³/mol. The summed E-state index contributed by atoms with van der Waals surface area (Å²) in [5, 5.41) is 14.2. The Bertz CT molecular complexity index is 740. The summed E-state index contributed by atoms with van der Waals surface area (Å²) in [6.45, 7) is 0.214. The Kier molecular flexibility index (Phi) is 2.27. The summed E-state index contributed by atoms with van der Waals surface area (Å²) < 4.78 is 5.66. The second kappa shape index (κ2) is 3.70. The number of pyridine rings is 1. The lowest BCUT2D eigenvalue weighted by Gasteiger charge is -2.04. The van der Waals surface area contributed by atoms with Crippen molar-refractivity contribution in [1.29, 1.82) is 0 Å². The quantitative estimate of drug-likeness (QED) is 0.620. The van der Waals surface area contributed by atoms with Crippen LogP contribution >= 0.6 is 15.9 Å². The molecule has 0 unspecified atom stereocenters. The molecule has 0 radical (unpaired) electrons. The van der Waals surface area contributed by atoms with Gasteiger partial charge < -0.3 is 15.0 Å². The zero-order valence-corrected chi connectivity index (χ0v) is 10.4. The maximum atomic E-state index is 11.7. The minimum atomic E-state index is -0.520. The van der Waals surface area contributed by atoms with Gasteiger partial charge in [0.1, 0.15) is 5.69 Å². The van der Waals surface area contributed by atoms with Crippen LogP contribution in [-0.4, -0.2) is 16.6 Å². The first-order valence-corrected chi connectivity index (χ1v) is 5.78. The highest BCUT2D eigenvalue weighted by Gasteiger charge is 2.22. The van der Waals surface area contributed by atoms with Crippen LogP contribution in [-0.2, 0) is 0 Å². The van der Waals surface area contributed by atoms with Crippen molar-refractivity contribution in [2.75, 3.05) is 12.0 Å². The molecule has 3 rings (SSSR count). The van der Waals surface area contributed by atoms with Gasteiger partial charge in [0.2, 0.25) is 0 Å². The van der Waals surface area contributed by atoms with Crippen LogP contribution in [0.5, 0.6) is 5.75 Å². The molecule has 0 amide bonds. The fraction of sp³-hybridized carbons (Fsp3) is 0.100. The van der Waals surface area contributed by atoms with Gasteiger partial charge in [0.25, 0.3) is 11.2 Å². The summed E-state index contributed by atoms with van der Waals surface area (Å²) in [6, 6.07) is 2.87. The van der Waals surface area contributed by atoms with Crippen molar-refractivity contribution < 1.29 is 9.66 Å². The number of hydrogen-bond donors (Lipinski definition) is 2. The predicted octanol–water partition coefficient (Wildman–Crippen LogP) is 1.96. The van der Waals surface area contributed by atoms with Gasteiger partial charge in [-0.1, -0.05) is 0 Å². The molecule has 1 aromatic carbocycles. The Labute approximate surface area is 108 Å². The first kappa shape index (κ1) is 11.0. The molecule has 0 fully saturated rings. The van der Waals surface area contributed by atoms with Crippen LogP contribution in [0.15, 0.2) is 21.4 Å². The number of halogens is 1. The Morgan fingerprint density at radius 1 is 1.44 bits per heavy atom. The molecule has 8 heteroatoms. The van der Waals surface area contributed by atoms with Crippen LogP contribution < -0.4 is 15.6 Å². The number of nitrogens with zero attached hydrogens (tertiary/aromatic N) is 1. The van der Waals surface area contributed by atoms with E-state index in [0.717, 1.165) is 0 Å². The normalized spacial score (nSPS) is 12.9. The third kappa shape index (κ3) is 1.46. The summed E-state index contributed by atoms with van der Waals surface area (Å²) in [4.78, 5) is 24.6. The third-order valence-corrected chi connectivity index (χ3v) is 3.33. The van der Waals surface area contributed by atoms with Gasteiger partial charge in [-0.05, 0) is 22.0 Å². The maximum absolute atomic E-state index is 11.7. The number of aromatic amines is 1. The van der Waals surface area contributed by atoms with E-state index in [1.165, 1.54) is 6.07 Å². The highest BCUT2D eigenvalue weighted by molar-refractivity contribution is 9.10. The van der Waals surface area contributed by atoms with Gasteiger partial charge in [-0.2, -0.15) is 0 Å². The highest BCUT2D eigenvalue weighted by atomic mass is 79.9. The number of fused-ring (bicyclic) bond motifs is 3. The van der Waals surface area contributed by atoms with Gasteiger partial charge in [0.15, 0.2) is 12.5 Å². The van der Waals surface area contributed by atoms with Crippen LogP contribution in [0.3, 0.4) is 0 Å². The molecule has 0 aliphatic carbocycles. The molecule has 2 heterocycles. The number of nitrogens with one attached hydrogen (secondary N) is 2. The number of anilines is 1. The summed E-state index contributed by atoms with van der Waals surface area (Å²) in [6.07, 6.45) is 0. The second-order valence-electron chi connectivity index (χ2n) is 3.73. The van der Waals surface area contributed by atoms with Gasteiger partial charge in [0, 0.05) is 11.5 Å². The van der Waals surface area contributed by atoms with Crippen LogP contribution in [0.4, 0.5) is 11.4 Å². The molecule has 0 bridgehead atoms. The van der Waals surface area contributed by atoms with Gasteiger partial charge in [-0.3, -0.25) is 14.9 Å². The number of H-pyrrole nitrogens is 1. The fourth-order valence-electron chi connectivity index (χ4n) is 1.91. The molecule has 18 heavy (non-hydrogen) atoms. The Morgan fingerprint density at radius 3 is 2.94 bits per heavy atom. The van der Waals surface area contributed by atoms with E-state index in [4.69, 9.17) is 4.74 Å². The number of nitro benzene ring substituents is 1. The van der Waals surface area contributed by atoms with Crippen molar-refractivity contribution in [2.45, 2.75) is 0 Å². The summed E-state index contributed by atoms with van der Waals surface area (Å²) in [5.74, 6) is 0.421. The molecule has 7 nitrogen and oxygen atoms in total. The van der Waals surface area contributed by atoms with E-state index in [1.54, 1.807) is 6.07 Å². The molecule has 2 aromatic rings. The second-order valence-corrected chi connectivity index (χ2v) is 4.58. The van der Waals surface area contributed by atoms with Crippen molar-refractivity contribution in [1.82, 2.24) is 4.98 Å². The summed E-state index contributed by atoms with van der Waals surface area (Å²) in [5.41, 5.74) is 0.260. The summed E-state index contributed by atoms with van der Waals surface area (Å²) in [7, 11) is 0. The Morgan fingerprint density at radius 2 is 2.22 bits per heavy atom. The van der Waals surface area contributed by atoms with Gasteiger partial charge in [-0.25, -0.2) is 0 Å². The molecule has 1 aliphatic rings. The van der Waals surface area contributed by atoms with Gasteiger partial charge in [0.05, 0.1) is 14.9 Å². The number of rotatable bonds is 1. The number of hydrogen-bond acceptors (Lipinski definition) is 5. The van der Waals surface area contributed by atoms with Crippen LogP contribution in [0, 0.1) is 10.1 Å². The average Bonchev–Trinajstić information content (AvgIpc) is 2.79. The van der Waals surface area contributed by atoms with Crippen molar-refractivity contribution in [3.63, 3.8) is 0 Å². The molecule has 0 spiro atoms. The molecule has 1 aromatic heterocycles. The van der Waals surface area contributed by atoms with Crippen LogP contribution in [0.2, 0.25) is 0 Å². The largest absolute Gasteiger partial charge is 0.470 e. The SMILES string of the molecule is O=c1[nH]c2cc([N+](=O)[O-])c(Br)cc2c2c1NCO2. The zero-order valence-electron chi connectivity index (χ0n) is 8.82. The first-order chi connectivity index (χ1) is 8.58. The maximum Gasteiger partial charge on any atom is 0.285 e. The Balaban J connectivity index is 2.42. The Hall–Kier alpha value is -2.09. The highest BCUT2D eigenvalue weighted by Crippen LogP contribution is 2.37. The van der Waals surface area contributed by atoms with E-state index >= 15 is 0 Å². The molecule has 0 saturated carbocycles. The molecule has 0 atom stereocenters. The zero-order chi connectivity index (χ0) is 12.9. The van der Waals surface area contributed by atoms with Crippen molar-refractivity contribution >= 4 is 38.2 Å². The lowest BCUT2D eigenvalue weighted by Crippen LogP contribution is -2.10. The summed E-state index contributed by atoms with van der Waals surface area (Å²) >= 11 is 3.14. The van der Waals surface area contributed by atoms with Crippen LogP contribution in [0.25, 0.3) is 10.9 Å². The molecule has 0 saturated heterocycles. The molecule has 2 N–H and O–H groups in total. The van der Waals surface area contributed by atoms with Crippen molar-refractivity contribution in [3.8, 4) is 5.75 Å². The third-order valence-electron chi connectivity index (χ3n) is 2.70. The van der Waals surface area contributed by atoms with E-state index in [2.05, 4.69) is 26.2 Å². The van der Waals surface area contributed by atoms with Gasteiger partial charge in [-0.15, -0.1) is 0 Å². The molecular formula is C10H6BrN3O4. The van der Waals surface area contributed by atoms with E-state index in [0.29, 0.717) is 26.8 Å². The lowest BCUT2D eigenvalue weighted by atomic mass is 10.1. The molecule has 92 valence electrons. The first-order valence-electron chi connectivity index (χ1n) is 4.98. The number of benzene rings is 1. The smallest absolute Gasteiger partial charge is 0.285 e. The van der Waals surface area contributed by atoms with E-state index in [-0.39, 0.29) is 18.0 Å². The fourth-order valence-corrected chi connectivity index (χ4v) is 2.39. The van der Waals surface area contributed by atoms with Crippen molar-refractivity contribution in [2.24, 2.45) is 0 Å². The van der Waals surface area contributed by atoms with E-state index in [9.17, 15) is 14.9 Å². The monoisotopic (exact) mass is 311 g/mol. The minimum Gasteiger partial charge on any atom is -0.470 e. The topological polar surface area (TPSA) is 97.3 Å². The molecule has 1 aliphatic heterocycles. The minimum absolute atomic E-state index is 0.107. The van der Waals surface area contributed by atoms with Crippen molar-refractivity contribution in [3.05, 3.63) is 37.1 Å². The van der Waals surface area contributed by atoms with E-state index < -0.39 is 4.92 Å². The van der Waals surface area contributed by atoms with E-state index in [1.807, 2.05) is 0 Å². The lowest BCUT2D eigenvalue weighted by molar-refractivity contribution is -0.385. The standard InChI is InChI=1S/C10H6BrN3O4/c11-5-1-4-6(2-7(5)14(16)17)13-10(15)8-9(4)18-3-12-8/h1-2,12H,3H2,(H,13,15). The number of aromatic nitrogens is 1. The van der Waals surface area contributed by atoms with Gasteiger partial charge >= 0.3 is 0 Å². The van der Waals surface area contributed by atoms with Crippen LogP contribution in [0.1, 0.15) is 0 Å². The average molecular weight is 312 g/mol. The number of nitro groups is 1. The number of ether oxygens (including phenoxy) is 1.